The molecule has 1 atom stereocenters. The van der Waals surface area contributed by atoms with E-state index in [1.54, 1.807) is 6.33 Å². The molecule has 1 aliphatic heterocycles. The molecule has 3 aromatic rings. The van der Waals surface area contributed by atoms with E-state index in [-0.39, 0.29) is 5.41 Å². The van der Waals surface area contributed by atoms with Crippen LogP contribution in [-0.4, -0.2) is 53.6 Å². The van der Waals surface area contributed by atoms with Gasteiger partial charge in [0, 0.05) is 18.5 Å². The van der Waals surface area contributed by atoms with Crippen LogP contribution in [0.2, 0.25) is 0 Å². The standard InChI is InChI=1S/C18H25N7O2/c1-11-12(23-27-22-11)8-25-10-19-13-14(24-7-6-18(5,26)9-24)20-16(17(2,3)4)21-15(13)25/h10,26H,6-9H2,1-5H3. The number of β-amino-alcohol motifs (C(OH)–C–C–N with tert-alkyl or cyclic N) is 1. The highest BCUT2D eigenvalue weighted by atomic mass is 16.6. The molecule has 9 heteroatoms. The Morgan fingerprint density at radius 3 is 2.63 bits per heavy atom. The van der Waals surface area contributed by atoms with Gasteiger partial charge in [-0.15, -0.1) is 0 Å². The number of aliphatic hydroxyl groups is 1. The third-order valence-electron chi connectivity index (χ3n) is 4.93. The first-order valence-electron chi connectivity index (χ1n) is 9.13. The first-order chi connectivity index (χ1) is 12.6. The Morgan fingerprint density at radius 2 is 2.04 bits per heavy atom. The van der Waals surface area contributed by atoms with E-state index in [9.17, 15) is 5.11 Å². The third-order valence-corrected chi connectivity index (χ3v) is 4.93. The molecule has 1 aliphatic rings. The van der Waals surface area contributed by atoms with Crippen molar-refractivity contribution < 1.29 is 9.74 Å². The summed E-state index contributed by atoms with van der Waals surface area (Å²) in [6.07, 6.45) is 2.45. The van der Waals surface area contributed by atoms with Crippen LogP contribution >= 0.6 is 0 Å². The first kappa shape index (κ1) is 17.8. The molecule has 0 amide bonds. The van der Waals surface area contributed by atoms with Crippen LogP contribution in [0.4, 0.5) is 5.82 Å². The Kier molecular flexibility index (Phi) is 3.95. The van der Waals surface area contributed by atoms with Gasteiger partial charge in [-0.1, -0.05) is 31.1 Å². The van der Waals surface area contributed by atoms with Crippen molar-refractivity contribution in [2.45, 2.75) is 58.6 Å². The van der Waals surface area contributed by atoms with Crippen LogP contribution in [0.1, 0.15) is 51.3 Å². The number of hydrogen-bond donors (Lipinski definition) is 1. The van der Waals surface area contributed by atoms with Crippen molar-refractivity contribution >= 4 is 17.0 Å². The number of imidazole rings is 1. The molecule has 1 saturated heterocycles. The minimum atomic E-state index is -0.717. The number of rotatable bonds is 3. The summed E-state index contributed by atoms with van der Waals surface area (Å²) in [5, 5.41) is 18.2. The van der Waals surface area contributed by atoms with Crippen molar-refractivity contribution in [1.29, 1.82) is 0 Å². The van der Waals surface area contributed by atoms with Crippen molar-refractivity contribution in [2.75, 3.05) is 18.0 Å². The lowest BCUT2D eigenvalue weighted by Gasteiger charge is -2.23. The summed E-state index contributed by atoms with van der Waals surface area (Å²) < 4.78 is 6.75. The molecule has 1 unspecified atom stereocenters. The van der Waals surface area contributed by atoms with Crippen molar-refractivity contribution in [3.8, 4) is 0 Å². The van der Waals surface area contributed by atoms with Gasteiger partial charge in [-0.25, -0.2) is 19.6 Å². The Labute approximate surface area is 157 Å². The zero-order valence-electron chi connectivity index (χ0n) is 16.4. The molecule has 4 heterocycles. The van der Waals surface area contributed by atoms with E-state index in [2.05, 4.69) is 41.0 Å². The van der Waals surface area contributed by atoms with Crippen molar-refractivity contribution in [2.24, 2.45) is 0 Å². The molecule has 0 aromatic carbocycles. The maximum atomic E-state index is 10.4. The summed E-state index contributed by atoms with van der Waals surface area (Å²) in [6, 6.07) is 0. The quantitative estimate of drug-likeness (QED) is 0.743. The van der Waals surface area contributed by atoms with E-state index in [0.717, 1.165) is 40.7 Å². The van der Waals surface area contributed by atoms with Crippen LogP contribution < -0.4 is 4.90 Å². The molecule has 3 aromatic heterocycles. The van der Waals surface area contributed by atoms with Crippen molar-refractivity contribution in [3.63, 3.8) is 0 Å². The average molecular weight is 371 g/mol. The van der Waals surface area contributed by atoms with E-state index in [0.29, 0.717) is 19.5 Å². The molecular formula is C18H25N7O2. The molecule has 1 fully saturated rings. The Balaban J connectivity index is 1.84. The topological polar surface area (TPSA) is 106 Å². The minimum Gasteiger partial charge on any atom is -0.388 e. The van der Waals surface area contributed by atoms with Gasteiger partial charge >= 0.3 is 0 Å². The van der Waals surface area contributed by atoms with Crippen LogP contribution in [0, 0.1) is 6.92 Å². The van der Waals surface area contributed by atoms with E-state index in [1.165, 1.54) is 0 Å². The number of aromatic nitrogens is 6. The van der Waals surface area contributed by atoms with Gasteiger partial charge in [0.05, 0.1) is 18.5 Å². The maximum absolute atomic E-state index is 10.4. The fourth-order valence-corrected chi connectivity index (χ4v) is 3.28. The van der Waals surface area contributed by atoms with Gasteiger partial charge < -0.3 is 14.6 Å². The Morgan fingerprint density at radius 1 is 1.26 bits per heavy atom. The van der Waals surface area contributed by atoms with E-state index in [4.69, 9.17) is 14.6 Å². The van der Waals surface area contributed by atoms with Gasteiger partial charge in [0.2, 0.25) is 0 Å². The maximum Gasteiger partial charge on any atom is 0.166 e. The fraction of sp³-hybridized carbons (Fsp3) is 0.611. The minimum absolute atomic E-state index is 0.217. The average Bonchev–Trinajstić information content (AvgIpc) is 3.26. The lowest BCUT2D eigenvalue weighted by molar-refractivity contribution is 0.0839. The monoisotopic (exact) mass is 371 g/mol. The largest absolute Gasteiger partial charge is 0.388 e. The molecule has 4 rings (SSSR count). The van der Waals surface area contributed by atoms with Gasteiger partial charge in [-0.2, -0.15) is 0 Å². The normalized spacial score (nSPS) is 20.7. The Hall–Kier alpha value is -2.55. The summed E-state index contributed by atoms with van der Waals surface area (Å²) >= 11 is 0. The second-order valence-corrected chi connectivity index (χ2v) is 8.63. The fourth-order valence-electron chi connectivity index (χ4n) is 3.28. The number of nitrogens with zero attached hydrogens (tertiary/aromatic N) is 7. The zero-order valence-corrected chi connectivity index (χ0v) is 16.4. The molecule has 0 radical (unpaired) electrons. The van der Waals surface area contributed by atoms with Crippen LogP contribution in [0.5, 0.6) is 0 Å². The number of aryl methyl sites for hydroxylation is 1. The van der Waals surface area contributed by atoms with Crippen LogP contribution in [-0.2, 0) is 12.0 Å². The summed E-state index contributed by atoms with van der Waals surface area (Å²) in [5.41, 5.74) is 2.04. The highest BCUT2D eigenvalue weighted by molar-refractivity contribution is 5.84. The van der Waals surface area contributed by atoms with Gasteiger partial charge in [0.25, 0.3) is 0 Å². The molecular weight excluding hydrogens is 346 g/mol. The predicted molar refractivity (Wildman–Crippen MR) is 99.6 cm³/mol. The van der Waals surface area contributed by atoms with Gasteiger partial charge in [0.15, 0.2) is 17.0 Å². The van der Waals surface area contributed by atoms with Crippen LogP contribution in [0.15, 0.2) is 11.0 Å². The van der Waals surface area contributed by atoms with Crippen LogP contribution in [0.25, 0.3) is 11.2 Å². The predicted octanol–water partition coefficient (Wildman–Crippen LogP) is 1.82. The summed E-state index contributed by atoms with van der Waals surface area (Å²) in [5.74, 6) is 1.52. The lowest BCUT2D eigenvalue weighted by atomic mass is 9.96. The van der Waals surface area contributed by atoms with Crippen molar-refractivity contribution in [3.05, 3.63) is 23.5 Å². The second-order valence-electron chi connectivity index (χ2n) is 8.63. The van der Waals surface area contributed by atoms with Crippen molar-refractivity contribution in [1.82, 2.24) is 29.8 Å². The number of fused-ring (bicyclic) bond motifs is 1. The van der Waals surface area contributed by atoms with E-state index in [1.807, 2.05) is 18.4 Å². The molecule has 0 bridgehead atoms. The highest BCUT2D eigenvalue weighted by Gasteiger charge is 2.34. The molecule has 1 N–H and O–H groups in total. The molecule has 144 valence electrons. The first-order valence-corrected chi connectivity index (χ1v) is 9.13. The summed E-state index contributed by atoms with van der Waals surface area (Å²) in [4.78, 5) is 16.3. The summed E-state index contributed by atoms with van der Waals surface area (Å²) in [6.45, 7) is 11.7. The molecule has 0 spiro atoms. The van der Waals surface area contributed by atoms with Gasteiger partial charge in [-0.05, 0) is 20.3 Å². The SMILES string of the molecule is Cc1nonc1Cn1cnc2c(N3CCC(C)(O)C3)nc(C(C)(C)C)nc21. The van der Waals surface area contributed by atoms with E-state index < -0.39 is 5.60 Å². The highest BCUT2D eigenvalue weighted by Crippen LogP contribution is 2.32. The molecule has 27 heavy (non-hydrogen) atoms. The zero-order chi connectivity index (χ0) is 19.4. The van der Waals surface area contributed by atoms with Crippen LogP contribution in [0.3, 0.4) is 0 Å². The molecule has 9 nitrogen and oxygen atoms in total. The smallest absolute Gasteiger partial charge is 0.166 e. The van der Waals surface area contributed by atoms with Gasteiger partial charge in [0.1, 0.15) is 17.2 Å². The van der Waals surface area contributed by atoms with Gasteiger partial charge in [-0.3, -0.25) is 0 Å². The Bertz CT molecular complexity index is 983. The second kappa shape index (κ2) is 5.98. The lowest BCUT2D eigenvalue weighted by Crippen LogP contribution is -2.31. The van der Waals surface area contributed by atoms with E-state index >= 15 is 0 Å². The summed E-state index contributed by atoms with van der Waals surface area (Å²) in [7, 11) is 0. The number of hydrogen-bond acceptors (Lipinski definition) is 8. The molecule has 0 saturated carbocycles. The number of anilines is 1. The third kappa shape index (κ3) is 3.27. The molecule has 0 aliphatic carbocycles.